The number of nitrogens with zero attached hydrogens (tertiary/aromatic N) is 3. The smallest absolute Gasteiger partial charge is 0.272 e. The molecule has 0 fully saturated rings. The quantitative estimate of drug-likeness (QED) is 0.218. The third-order valence-corrected chi connectivity index (χ3v) is 9.68. The zero-order valence-electron chi connectivity index (χ0n) is 19.3. The SMILES string of the molecule is Cc1ccc2nc(-c3ccc(Nc4nc5ccccc5nc4NS(=O)(=O)c4ccc(Cl)s4)cc3)sc2c1. The Labute approximate surface area is 225 Å². The zero-order valence-corrected chi connectivity index (χ0v) is 22.5. The summed E-state index contributed by atoms with van der Waals surface area (Å²) >= 11 is 8.57. The van der Waals surface area contributed by atoms with Gasteiger partial charge in [-0.05, 0) is 73.2 Å². The van der Waals surface area contributed by atoms with Crippen molar-refractivity contribution in [2.45, 2.75) is 11.1 Å². The first-order valence-electron chi connectivity index (χ1n) is 11.1. The van der Waals surface area contributed by atoms with E-state index in [1.165, 1.54) is 11.6 Å². The van der Waals surface area contributed by atoms with Crippen LogP contribution in [0.2, 0.25) is 4.34 Å². The van der Waals surface area contributed by atoms with Crippen LogP contribution in [0, 0.1) is 6.92 Å². The van der Waals surface area contributed by atoms with Gasteiger partial charge in [-0.1, -0.05) is 29.8 Å². The Morgan fingerprint density at radius 3 is 2.22 bits per heavy atom. The largest absolute Gasteiger partial charge is 0.337 e. The van der Waals surface area contributed by atoms with Gasteiger partial charge in [0.1, 0.15) is 9.22 Å². The van der Waals surface area contributed by atoms with Crippen LogP contribution in [0.15, 0.2) is 83.1 Å². The van der Waals surface area contributed by atoms with Gasteiger partial charge in [0.2, 0.25) is 0 Å². The highest BCUT2D eigenvalue weighted by atomic mass is 35.5. The summed E-state index contributed by atoms with van der Waals surface area (Å²) in [6, 6.07) is 24.3. The van der Waals surface area contributed by atoms with E-state index in [1.807, 2.05) is 48.5 Å². The fourth-order valence-corrected chi connectivity index (χ4v) is 7.33. The van der Waals surface area contributed by atoms with Gasteiger partial charge >= 0.3 is 0 Å². The fraction of sp³-hybridized carbons (Fsp3) is 0.0385. The minimum absolute atomic E-state index is 0.0915. The molecule has 0 radical (unpaired) electrons. The first kappa shape index (κ1) is 23.8. The van der Waals surface area contributed by atoms with Crippen molar-refractivity contribution in [2.24, 2.45) is 0 Å². The van der Waals surface area contributed by atoms with E-state index in [0.29, 0.717) is 15.4 Å². The molecule has 0 atom stereocenters. The van der Waals surface area contributed by atoms with Gasteiger partial charge in [0.15, 0.2) is 11.6 Å². The predicted molar refractivity (Wildman–Crippen MR) is 153 cm³/mol. The van der Waals surface area contributed by atoms with Crippen molar-refractivity contribution in [3.8, 4) is 10.6 Å². The van der Waals surface area contributed by atoms with E-state index in [-0.39, 0.29) is 15.8 Å². The maximum absolute atomic E-state index is 13.0. The van der Waals surface area contributed by atoms with Crippen LogP contribution in [-0.2, 0) is 10.0 Å². The van der Waals surface area contributed by atoms with Crippen molar-refractivity contribution in [3.05, 3.63) is 88.8 Å². The number of anilines is 3. The maximum Gasteiger partial charge on any atom is 0.272 e. The molecule has 7 nitrogen and oxygen atoms in total. The number of halogens is 1. The van der Waals surface area contributed by atoms with Crippen molar-refractivity contribution in [3.63, 3.8) is 0 Å². The van der Waals surface area contributed by atoms with Crippen molar-refractivity contribution in [2.75, 3.05) is 10.0 Å². The summed E-state index contributed by atoms with van der Waals surface area (Å²) < 4.78 is 30.2. The number of aromatic nitrogens is 3. The minimum Gasteiger partial charge on any atom is -0.337 e. The number of nitrogens with one attached hydrogen (secondary N) is 2. The number of hydrogen-bond donors (Lipinski definition) is 2. The molecule has 0 unspecified atom stereocenters. The van der Waals surface area contributed by atoms with Crippen LogP contribution in [-0.4, -0.2) is 23.4 Å². The van der Waals surface area contributed by atoms with Crippen molar-refractivity contribution < 1.29 is 8.42 Å². The van der Waals surface area contributed by atoms with Crippen LogP contribution in [0.1, 0.15) is 5.56 Å². The first-order valence-corrected chi connectivity index (χ1v) is 14.6. The molecule has 0 aliphatic heterocycles. The Morgan fingerprint density at radius 2 is 1.51 bits per heavy atom. The third-order valence-electron chi connectivity index (χ3n) is 5.55. The zero-order chi connectivity index (χ0) is 25.6. The maximum atomic E-state index is 13.0. The molecule has 6 aromatic rings. The van der Waals surface area contributed by atoms with Crippen LogP contribution in [0.4, 0.5) is 17.3 Å². The van der Waals surface area contributed by atoms with Gasteiger partial charge < -0.3 is 5.32 Å². The molecule has 3 aromatic heterocycles. The van der Waals surface area contributed by atoms with Gasteiger partial charge in [-0.2, -0.15) is 0 Å². The molecule has 2 N–H and O–H groups in total. The second kappa shape index (κ2) is 9.38. The van der Waals surface area contributed by atoms with Crippen LogP contribution in [0.5, 0.6) is 0 Å². The lowest BCUT2D eigenvalue weighted by Gasteiger charge is -2.13. The molecule has 3 heterocycles. The monoisotopic (exact) mass is 563 g/mol. The number of thiazole rings is 1. The predicted octanol–water partition coefficient (Wildman–Crippen LogP) is 7.47. The summed E-state index contributed by atoms with van der Waals surface area (Å²) in [7, 11) is -3.90. The summed E-state index contributed by atoms with van der Waals surface area (Å²) in [6.45, 7) is 2.07. The summed E-state index contributed by atoms with van der Waals surface area (Å²) in [4.78, 5) is 13.9. The Hall–Kier alpha value is -3.57. The molecule has 0 bridgehead atoms. The molecule has 0 spiro atoms. The number of thiophene rings is 1. The lowest BCUT2D eigenvalue weighted by Crippen LogP contribution is -2.15. The minimum atomic E-state index is -3.90. The number of aryl methyl sites for hydroxylation is 1. The van der Waals surface area contributed by atoms with Crippen LogP contribution in [0.25, 0.3) is 31.8 Å². The highest BCUT2D eigenvalue weighted by Crippen LogP contribution is 2.33. The van der Waals surface area contributed by atoms with Gasteiger partial charge in [0, 0.05) is 11.3 Å². The Morgan fingerprint density at radius 1 is 0.784 bits per heavy atom. The van der Waals surface area contributed by atoms with Gasteiger partial charge in [-0.25, -0.2) is 23.4 Å². The molecular weight excluding hydrogens is 546 g/mol. The molecule has 6 rings (SSSR count). The van der Waals surface area contributed by atoms with E-state index in [0.717, 1.165) is 37.8 Å². The molecule has 0 amide bonds. The topological polar surface area (TPSA) is 96.9 Å². The van der Waals surface area contributed by atoms with Gasteiger partial charge in [-0.15, -0.1) is 22.7 Å². The highest BCUT2D eigenvalue weighted by molar-refractivity contribution is 7.94. The normalized spacial score (nSPS) is 11.7. The first-order chi connectivity index (χ1) is 17.8. The molecule has 0 aliphatic rings. The van der Waals surface area contributed by atoms with E-state index in [1.54, 1.807) is 23.5 Å². The standard InChI is InChI=1S/C26H18ClN5O2S3/c1-15-6-11-20-21(14-15)35-26(31-20)16-7-9-17(10-8-16)28-24-25(30-19-5-3-2-4-18(19)29-24)32-37(33,34)23-13-12-22(27)36-23/h2-14H,1H3,(H,28,29)(H,30,32). The average Bonchev–Trinajstić information content (AvgIpc) is 3.51. The Kier molecular flexibility index (Phi) is 6.04. The molecule has 0 saturated heterocycles. The lowest BCUT2D eigenvalue weighted by molar-refractivity contribution is 0.603. The second-order valence-electron chi connectivity index (χ2n) is 8.27. The van der Waals surface area contributed by atoms with Crippen LogP contribution in [0.3, 0.4) is 0 Å². The van der Waals surface area contributed by atoms with Crippen molar-refractivity contribution in [1.29, 1.82) is 0 Å². The molecule has 11 heteroatoms. The van der Waals surface area contributed by atoms with E-state index in [2.05, 4.69) is 39.1 Å². The molecule has 3 aromatic carbocycles. The molecule has 184 valence electrons. The Balaban J connectivity index is 1.33. The van der Waals surface area contributed by atoms with E-state index in [9.17, 15) is 8.42 Å². The van der Waals surface area contributed by atoms with E-state index in [4.69, 9.17) is 16.6 Å². The van der Waals surface area contributed by atoms with E-state index >= 15 is 0 Å². The summed E-state index contributed by atoms with van der Waals surface area (Å²) in [6.07, 6.45) is 0. The third kappa shape index (κ3) is 4.88. The summed E-state index contributed by atoms with van der Waals surface area (Å²) in [5, 5.41) is 4.15. The molecule has 0 saturated carbocycles. The van der Waals surface area contributed by atoms with Crippen LogP contribution < -0.4 is 10.0 Å². The average molecular weight is 564 g/mol. The number of sulfonamides is 1. The van der Waals surface area contributed by atoms with E-state index < -0.39 is 10.0 Å². The molecule has 0 aliphatic carbocycles. The summed E-state index contributed by atoms with van der Waals surface area (Å²) in [5.74, 6) is 0.377. The highest BCUT2D eigenvalue weighted by Gasteiger charge is 2.21. The second-order valence-corrected chi connectivity index (χ2v) is 12.9. The number of hydrogen-bond acceptors (Lipinski definition) is 8. The number of para-hydroxylation sites is 2. The fourth-order valence-electron chi connectivity index (χ4n) is 3.77. The number of benzene rings is 3. The summed E-state index contributed by atoms with van der Waals surface area (Å²) in [5.41, 5.74) is 5.09. The van der Waals surface area contributed by atoms with Gasteiger partial charge in [-0.3, -0.25) is 4.72 Å². The lowest BCUT2D eigenvalue weighted by atomic mass is 10.2. The number of rotatable bonds is 6. The van der Waals surface area contributed by atoms with Crippen molar-refractivity contribution in [1.82, 2.24) is 15.0 Å². The molecule has 37 heavy (non-hydrogen) atoms. The van der Waals surface area contributed by atoms with Crippen molar-refractivity contribution >= 4 is 82.9 Å². The Bertz CT molecular complexity index is 1880. The van der Waals surface area contributed by atoms with Crippen LogP contribution >= 0.6 is 34.3 Å². The van der Waals surface area contributed by atoms with Gasteiger partial charge in [0.25, 0.3) is 10.0 Å². The molecular formula is C26H18ClN5O2S3. The van der Waals surface area contributed by atoms with Gasteiger partial charge in [0.05, 0.1) is 25.6 Å². The number of fused-ring (bicyclic) bond motifs is 2.